The number of carbonyl (C=O) groups is 2. The lowest BCUT2D eigenvalue weighted by Gasteiger charge is -2.33. The summed E-state index contributed by atoms with van der Waals surface area (Å²) in [7, 11) is 3.04. The van der Waals surface area contributed by atoms with E-state index in [2.05, 4.69) is 9.72 Å². The van der Waals surface area contributed by atoms with Crippen LogP contribution < -0.4 is 10.6 Å². The molecule has 102 valence electrons. The third-order valence-electron chi connectivity index (χ3n) is 3.13. The van der Waals surface area contributed by atoms with E-state index in [1.54, 1.807) is 16.8 Å². The molecule has 19 heavy (non-hydrogen) atoms. The molecule has 2 heterocycles. The number of amides is 1. The van der Waals surface area contributed by atoms with Crippen molar-refractivity contribution in [3.8, 4) is 0 Å². The number of pyridine rings is 1. The summed E-state index contributed by atoms with van der Waals surface area (Å²) in [5, 5.41) is 0. The van der Waals surface area contributed by atoms with Crippen molar-refractivity contribution in [1.82, 2.24) is 9.88 Å². The minimum atomic E-state index is -0.512. The molecule has 1 aromatic heterocycles. The van der Waals surface area contributed by atoms with Crippen LogP contribution in [0, 0.1) is 0 Å². The fourth-order valence-electron chi connectivity index (χ4n) is 1.94. The number of carbonyl (C=O) groups excluding carboxylic acids is 2. The Kier molecular flexibility index (Phi) is 3.55. The van der Waals surface area contributed by atoms with Gasteiger partial charge >= 0.3 is 5.97 Å². The number of hydrogen-bond acceptors (Lipinski definition) is 6. The van der Waals surface area contributed by atoms with Gasteiger partial charge in [-0.15, -0.1) is 0 Å². The Balaban J connectivity index is 2.30. The first-order valence-electron chi connectivity index (χ1n) is 5.86. The number of likely N-dealkylation sites (N-methyl/N-ethyl adjacent to an activating group) is 1. The van der Waals surface area contributed by atoms with Crippen molar-refractivity contribution in [2.75, 3.05) is 44.4 Å². The van der Waals surface area contributed by atoms with E-state index in [4.69, 9.17) is 5.73 Å². The minimum absolute atomic E-state index is 0.00378. The highest BCUT2D eigenvalue weighted by atomic mass is 16.5. The van der Waals surface area contributed by atoms with Gasteiger partial charge in [0.15, 0.2) is 5.82 Å². The van der Waals surface area contributed by atoms with Crippen LogP contribution in [-0.2, 0) is 9.53 Å². The SMILES string of the molecule is COC(=O)c1ccnc(N2CCN(C)C(=O)C2)c1N. The van der Waals surface area contributed by atoms with Crippen LogP contribution in [0.4, 0.5) is 11.5 Å². The molecule has 0 radical (unpaired) electrons. The van der Waals surface area contributed by atoms with Gasteiger partial charge in [-0.2, -0.15) is 0 Å². The van der Waals surface area contributed by atoms with E-state index in [1.165, 1.54) is 19.4 Å². The van der Waals surface area contributed by atoms with E-state index >= 15 is 0 Å². The molecule has 1 aliphatic heterocycles. The zero-order valence-electron chi connectivity index (χ0n) is 10.9. The van der Waals surface area contributed by atoms with Gasteiger partial charge < -0.3 is 20.3 Å². The Morgan fingerprint density at radius 2 is 2.21 bits per heavy atom. The number of methoxy groups -OCH3 is 1. The lowest BCUT2D eigenvalue weighted by atomic mass is 10.2. The number of rotatable bonds is 2. The number of anilines is 2. The number of nitrogen functional groups attached to an aromatic ring is 1. The van der Waals surface area contributed by atoms with E-state index in [1.807, 2.05) is 0 Å². The van der Waals surface area contributed by atoms with Crippen LogP contribution >= 0.6 is 0 Å². The molecular weight excluding hydrogens is 248 g/mol. The maximum atomic E-state index is 11.7. The van der Waals surface area contributed by atoms with Crippen LogP contribution in [0.2, 0.25) is 0 Å². The first-order chi connectivity index (χ1) is 9.04. The van der Waals surface area contributed by atoms with E-state index in [0.29, 0.717) is 18.9 Å². The van der Waals surface area contributed by atoms with Crippen molar-refractivity contribution < 1.29 is 14.3 Å². The van der Waals surface area contributed by atoms with Gasteiger partial charge in [0.2, 0.25) is 5.91 Å². The number of esters is 1. The molecule has 0 aromatic carbocycles. The van der Waals surface area contributed by atoms with Gasteiger partial charge in [0.05, 0.1) is 24.9 Å². The Morgan fingerprint density at radius 3 is 2.84 bits per heavy atom. The van der Waals surface area contributed by atoms with Gasteiger partial charge in [0, 0.05) is 26.3 Å². The third-order valence-corrected chi connectivity index (χ3v) is 3.13. The molecule has 1 aromatic rings. The van der Waals surface area contributed by atoms with Gasteiger partial charge in [0.25, 0.3) is 0 Å². The van der Waals surface area contributed by atoms with E-state index in [-0.39, 0.29) is 23.7 Å². The van der Waals surface area contributed by atoms with Crippen molar-refractivity contribution in [3.05, 3.63) is 17.8 Å². The van der Waals surface area contributed by atoms with Crippen LogP contribution in [0.25, 0.3) is 0 Å². The fraction of sp³-hybridized carbons (Fsp3) is 0.417. The summed E-state index contributed by atoms with van der Waals surface area (Å²) in [5.74, 6) is -0.0677. The largest absolute Gasteiger partial charge is 0.465 e. The first kappa shape index (κ1) is 13.1. The van der Waals surface area contributed by atoms with Crippen LogP contribution in [0.5, 0.6) is 0 Å². The molecule has 7 heteroatoms. The standard InChI is InChI=1S/C12H16N4O3/c1-15-5-6-16(7-9(15)17)11-10(13)8(3-4-14-11)12(18)19-2/h3-4H,5-7,13H2,1-2H3. The number of ether oxygens (including phenoxy) is 1. The molecule has 2 rings (SSSR count). The van der Waals surface area contributed by atoms with Crippen molar-refractivity contribution in [3.63, 3.8) is 0 Å². The smallest absolute Gasteiger partial charge is 0.340 e. The van der Waals surface area contributed by atoms with Gasteiger partial charge in [-0.05, 0) is 6.07 Å². The Bertz CT molecular complexity index is 518. The highest BCUT2D eigenvalue weighted by Gasteiger charge is 2.25. The normalized spacial score (nSPS) is 15.6. The Labute approximate surface area is 110 Å². The molecular formula is C12H16N4O3. The molecule has 0 saturated carbocycles. The fourth-order valence-corrected chi connectivity index (χ4v) is 1.94. The lowest BCUT2D eigenvalue weighted by Crippen LogP contribution is -2.49. The second-order valence-electron chi connectivity index (χ2n) is 4.32. The van der Waals surface area contributed by atoms with Gasteiger partial charge in [-0.1, -0.05) is 0 Å². The summed E-state index contributed by atoms with van der Waals surface area (Å²) in [6.07, 6.45) is 1.49. The van der Waals surface area contributed by atoms with Crippen LogP contribution in [-0.4, -0.2) is 55.6 Å². The topological polar surface area (TPSA) is 88.8 Å². The first-order valence-corrected chi connectivity index (χ1v) is 5.86. The molecule has 0 bridgehead atoms. The van der Waals surface area contributed by atoms with Crippen LogP contribution in [0.15, 0.2) is 12.3 Å². The zero-order valence-corrected chi connectivity index (χ0v) is 10.9. The molecule has 1 saturated heterocycles. The summed E-state index contributed by atoms with van der Waals surface area (Å²) < 4.78 is 4.66. The predicted molar refractivity (Wildman–Crippen MR) is 69.8 cm³/mol. The molecule has 0 atom stereocenters. The van der Waals surface area contributed by atoms with Crippen molar-refractivity contribution >= 4 is 23.4 Å². The monoisotopic (exact) mass is 264 g/mol. The van der Waals surface area contributed by atoms with Gasteiger partial charge in [-0.3, -0.25) is 4.79 Å². The summed E-state index contributed by atoms with van der Waals surface area (Å²) >= 11 is 0. The number of hydrogen-bond donors (Lipinski definition) is 1. The van der Waals surface area contributed by atoms with Crippen molar-refractivity contribution in [1.29, 1.82) is 0 Å². The molecule has 0 spiro atoms. The average Bonchev–Trinajstić information content (AvgIpc) is 2.41. The second-order valence-corrected chi connectivity index (χ2v) is 4.32. The van der Waals surface area contributed by atoms with Crippen molar-refractivity contribution in [2.24, 2.45) is 0 Å². The molecule has 0 unspecified atom stereocenters. The molecule has 0 aliphatic carbocycles. The second kappa shape index (κ2) is 5.13. The summed E-state index contributed by atoms with van der Waals surface area (Å²) in [5.41, 5.74) is 6.45. The molecule has 2 N–H and O–H groups in total. The number of nitrogens with zero attached hydrogens (tertiary/aromatic N) is 3. The Hall–Kier alpha value is -2.31. The molecule has 1 aliphatic rings. The summed E-state index contributed by atoms with van der Waals surface area (Å²) in [6, 6.07) is 1.50. The predicted octanol–water partition coefficient (Wildman–Crippen LogP) is -0.271. The Morgan fingerprint density at radius 1 is 1.47 bits per heavy atom. The molecule has 1 amide bonds. The van der Waals surface area contributed by atoms with Crippen LogP contribution in [0.3, 0.4) is 0 Å². The maximum absolute atomic E-state index is 11.7. The number of piperazine rings is 1. The van der Waals surface area contributed by atoms with E-state index < -0.39 is 5.97 Å². The number of nitrogens with two attached hydrogens (primary N) is 1. The minimum Gasteiger partial charge on any atom is -0.465 e. The van der Waals surface area contributed by atoms with Crippen molar-refractivity contribution in [2.45, 2.75) is 0 Å². The van der Waals surface area contributed by atoms with Crippen LogP contribution in [0.1, 0.15) is 10.4 Å². The highest BCUT2D eigenvalue weighted by Crippen LogP contribution is 2.25. The van der Waals surface area contributed by atoms with E-state index in [9.17, 15) is 9.59 Å². The summed E-state index contributed by atoms with van der Waals surface area (Å²) in [6.45, 7) is 1.44. The maximum Gasteiger partial charge on any atom is 0.340 e. The molecule has 7 nitrogen and oxygen atoms in total. The quantitative estimate of drug-likeness (QED) is 0.740. The zero-order chi connectivity index (χ0) is 14.0. The lowest BCUT2D eigenvalue weighted by molar-refractivity contribution is -0.129. The third kappa shape index (κ3) is 2.44. The highest BCUT2D eigenvalue weighted by molar-refractivity contribution is 5.98. The van der Waals surface area contributed by atoms with E-state index in [0.717, 1.165) is 0 Å². The van der Waals surface area contributed by atoms with Gasteiger partial charge in [-0.25, -0.2) is 9.78 Å². The average molecular weight is 264 g/mol. The molecule has 1 fully saturated rings. The van der Waals surface area contributed by atoms with Gasteiger partial charge in [0.1, 0.15) is 0 Å². The summed E-state index contributed by atoms with van der Waals surface area (Å²) in [4.78, 5) is 30.8. The number of aromatic nitrogens is 1.